The van der Waals surface area contributed by atoms with Gasteiger partial charge >= 0.3 is 0 Å². The molecule has 1 fully saturated rings. The maximum Gasteiger partial charge on any atom is 0.129 e. The SMILES string of the molecule is Cc1cc(N2CCCCC2CCO)nc2cc(Cl)ccc12. The lowest BCUT2D eigenvalue weighted by molar-refractivity contribution is 0.262. The topological polar surface area (TPSA) is 36.4 Å². The van der Waals surface area contributed by atoms with Crippen molar-refractivity contribution in [2.75, 3.05) is 18.1 Å². The fourth-order valence-corrected chi connectivity index (χ4v) is 3.42. The largest absolute Gasteiger partial charge is 0.396 e. The number of benzene rings is 1. The van der Waals surface area contributed by atoms with E-state index in [9.17, 15) is 5.11 Å². The standard InChI is InChI=1S/C17H21ClN2O/c1-12-10-17(19-16-11-13(18)5-6-15(12)16)20-8-3-2-4-14(20)7-9-21/h5-6,10-11,14,21H,2-4,7-9H2,1H3. The number of aryl methyl sites for hydroxylation is 1. The molecule has 4 heteroatoms. The van der Waals surface area contributed by atoms with Crippen molar-refractivity contribution in [3.05, 3.63) is 34.9 Å². The second-order valence-corrected chi connectivity index (χ2v) is 6.25. The summed E-state index contributed by atoms with van der Waals surface area (Å²) < 4.78 is 0. The average Bonchev–Trinajstić information content (AvgIpc) is 2.47. The van der Waals surface area contributed by atoms with Crippen LogP contribution in [0.15, 0.2) is 24.3 Å². The Kier molecular flexibility index (Phi) is 4.32. The van der Waals surface area contributed by atoms with E-state index in [1.165, 1.54) is 18.4 Å². The van der Waals surface area contributed by atoms with Crippen molar-refractivity contribution in [3.8, 4) is 0 Å². The first-order chi connectivity index (χ1) is 10.2. The van der Waals surface area contributed by atoms with Crippen molar-refractivity contribution < 1.29 is 5.11 Å². The first-order valence-corrected chi connectivity index (χ1v) is 8.01. The highest BCUT2D eigenvalue weighted by Crippen LogP contribution is 2.29. The third-order valence-corrected chi connectivity index (χ3v) is 4.58. The highest BCUT2D eigenvalue weighted by molar-refractivity contribution is 6.31. The normalized spacial score (nSPS) is 19.2. The van der Waals surface area contributed by atoms with E-state index in [0.717, 1.165) is 41.1 Å². The number of aliphatic hydroxyl groups is 1. The van der Waals surface area contributed by atoms with E-state index in [-0.39, 0.29) is 6.61 Å². The van der Waals surface area contributed by atoms with Gasteiger partial charge < -0.3 is 10.0 Å². The summed E-state index contributed by atoms with van der Waals surface area (Å²) in [5.74, 6) is 1.01. The molecule has 0 amide bonds. The molecule has 3 rings (SSSR count). The summed E-state index contributed by atoms with van der Waals surface area (Å²) in [5.41, 5.74) is 2.17. The lowest BCUT2D eigenvalue weighted by Gasteiger charge is -2.36. The molecule has 1 aromatic carbocycles. The highest BCUT2D eigenvalue weighted by Gasteiger charge is 2.23. The fraction of sp³-hybridized carbons (Fsp3) is 0.471. The van der Waals surface area contributed by atoms with Gasteiger partial charge in [0.1, 0.15) is 5.82 Å². The molecule has 1 aliphatic heterocycles. The Hall–Kier alpha value is -1.32. The molecule has 21 heavy (non-hydrogen) atoms. The summed E-state index contributed by atoms with van der Waals surface area (Å²) in [7, 11) is 0. The van der Waals surface area contributed by atoms with E-state index in [1.54, 1.807) is 0 Å². The molecule has 1 N–H and O–H groups in total. The summed E-state index contributed by atoms with van der Waals surface area (Å²) in [5, 5.41) is 11.2. The van der Waals surface area contributed by atoms with E-state index >= 15 is 0 Å². The Morgan fingerprint density at radius 1 is 1.33 bits per heavy atom. The molecule has 3 nitrogen and oxygen atoms in total. The Bertz CT molecular complexity index is 642. The van der Waals surface area contributed by atoms with Gasteiger partial charge in [-0.15, -0.1) is 0 Å². The number of anilines is 1. The minimum Gasteiger partial charge on any atom is -0.396 e. The van der Waals surface area contributed by atoms with Gasteiger partial charge in [-0.25, -0.2) is 4.98 Å². The Morgan fingerprint density at radius 2 is 2.19 bits per heavy atom. The van der Waals surface area contributed by atoms with Crippen LogP contribution < -0.4 is 4.90 Å². The van der Waals surface area contributed by atoms with E-state index in [2.05, 4.69) is 17.9 Å². The number of aromatic nitrogens is 1. The van der Waals surface area contributed by atoms with Crippen LogP contribution in [0.3, 0.4) is 0 Å². The Labute approximate surface area is 130 Å². The van der Waals surface area contributed by atoms with Gasteiger partial charge in [-0.2, -0.15) is 0 Å². The number of piperidine rings is 1. The number of fused-ring (bicyclic) bond motifs is 1. The van der Waals surface area contributed by atoms with Crippen LogP contribution in [0.4, 0.5) is 5.82 Å². The number of rotatable bonds is 3. The van der Waals surface area contributed by atoms with E-state index in [0.29, 0.717) is 6.04 Å². The van der Waals surface area contributed by atoms with Crippen LogP contribution in [0.25, 0.3) is 10.9 Å². The number of halogens is 1. The van der Waals surface area contributed by atoms with Gasteiger partial charge in [-0.1, -0.05) is 17.7 Å². The number of nitrogens with zero attached hydrogens (tertiary/aromatic N) is 2. The predicted octanol–water partition coefficient (Wildman–Crippen LogP) is 3.94. The van der Waals surface area contributed by atoms with Crippen molar-refractivity contribution in [3.63, 3.8) is 0 Å². The van der Waals surface area contributed by atoms with Crippen molar-refractivity contribution in [2.45, 2.75) is 38.6 Å². The van der Waals surface area contributed by atoms with Gasteiger partial charge in [0.25, 0.3) is 0 Å². The summed E-state index contributed by atoms with van der Waals surface area (Å²) >= 11 is 6.10. The van der Waals surface area contributed by atoms with E-state index in [4.69, 9.17) is 16.6 Å². The maximum absolute atomic E-state index is 9.28. The molecule has 2 aromatic rings. The summed E-state index contributed by atoms with van der Waals surface area (Å²) in [6.07, 6.45) is 4.37. The van der Waals surface area contributed by atoms with Crippen LogP contribution in [0.1, 0.15) is 31.2 Å². The number of hydrogen-bond acceptors (Lipinski definition) is 3. The smallest absolute Gasteiger partial charge is 0.129 e. The van der Waals surface area contributed by atoms with E-state index in [1.807, 2.05) is 18.2 Å². The van der Waals surface area contributed by atoms with Crippen molar-refractivity contribution in [2.24, 2.45) is 0 Å². The van der Waals surface area contributed by atoms with Crippen LogP contribution in [0.2, 0.25) is 5.02 Å². The number of pyridine rings is 1. The first kappa shape index (κ1) is 14.6. The van der Waals surface area contributed by atoms with Crippen molar-refractivity contribution in [1.29, 1.82) is 0 Å². The van der Waals surface area contributed by atoms with E-state index < -0.39 is 0 Å². The zero-order chi connectivity index (χ0) is 14.8. The monoisotopic (exact) mass is 304 g/mol. The molecule has 0 spiro atoms. The molecular weight excluding hydrogens is 284 g/mol. The van der Waals surface area contributed by atoms with Gasteiger partial charge in [0, 0.05) is 29.6 Å². The second-order valence-electron chi connectivity index (χ2n) is 5.81. The van der Waals surface area contributed by atoms with Gasteiger partial charge in [0.05, 0.1) is 5.52 Å². The molecule has 112 valence electrons. The van der Waals surface area contributed by atoms with Gasteiger partial charge in [0.15, 0.2) is 0 Å². The van der Waals surface area contributed by atoms with Crippen LogP contribution >= 0.6 is 11.6 Å². The van der Waals surface area contributed by atoms with Gasteiger partial charge in [0.2, 0.25) is 0 Å². The molecule has 1 aliphatic rings. The first-order valence-electron chi connectivity index (χ1n) is 7.63. The van der Waals surface area contributed by atoms with Crippen molar-refractivity contribution in [1.82, 2.24) is 4.98 Å². The minimum absolute atomic E-state index is 0.236. The van der Waals surface area contributed by atoms with Crippen LogP contribution in [-0.2, 0) is 0 Å². The Balaban J connectivity index is 2.02. The number of hydrogen-bond donors (Lipinski definition) is 1. The molecule has 1 aromatic heterocycles. The predicted molar refractivity (Wildman–Crippen MR) is 88.2 cm³/mol. The molecule has 1 saturated heterocycles. The summed E-state index contributed by atoms with van der Waals surface area (Å²) in [6.45, 7) is 3.37. The zero-order valence-corrected chi connectivity index (χ0v) is 13.1. The van der Waals surface area contributed by atoms with Crippen LogP contribution in [0.5, 0.6) is 0 Å². The van der Waals surface area contributed by atoms with Crippen LogP contribution in [-0.4, -0.2) is 29.3 Å². The molecule has 1 atom stereocenters. The lowest BCUT2D eigenvalue weighted by Crippen LogP contribution is -2.40. The second kappa shape index (κ2) is 6.20. The molecule has 2 heterocycles. The maximum atomic E-state index is 9.28. The van der Waals surface area contributed by atoms with Gasteiger partial charge in [-0.3, -0.25) is 0 Å². The van der Waals surface area contributed by atoms with Gasteiger partial charge in [-0.05, 0) is 56.4 Å². The molecular formula is C17H21ClN2O. The lowest BCUT2D eigenvalue weighted by atomic mass is 9.99. The molecule has 0 bridgehead atoms. The quantitative estimate of drug-likeness (QED) is 0.933. The highest BCUT2D eigenvalue weighted by atomic mass is 35.5. The third-order valence-electron chi connectivity index (χ3n) is 4.35. The van der Waals surface area contributed by atoms with Crippen molar-refractivity contribution >= 4 is 28.3 Å². The fourth-order valence-electron chi connectivity index (χ4n) is 3.26. The molecule has 0 saturated carbocycles. The number of aliphatic hydroxyl groups excluding tert-OH is 1. The third kappa shape index (κ3) is 2.99. The molecule has 1 unspecified atom stereocenters. The summed E-state index contributed by atoms with van der Waals surface area (Å²) in [6, 6.07) is 8.43. The molecule has 0 radical (unpaired) electrons. The van der Waals surface area contributed by atoms with Crippen LogP contribution in [0, 0.1) is 6.92 Å². The summed E-state index contributed by atoms with van der Waals surface area (Å²) in [4.78, 5) is 7.17. The average molecular weight is 305 g/mol. The molecule has 0 aliphatic carbocycles. The minimum atomic E-state index is 0.236. The zero-order valence-electron chi connectivity index (χ0n) is 12.3. The Morgan fingerprint density at radius 3 is 3.00 bits per heavy atom.